The molecule has 1 amide bonds. The van der Waals surface area contributed by atoms with Crippen molar-refractivity contribution in [2.75, 3.05) is 0 Å². The summed E-state index contributed by atoms with van der Waals surface area (Å²) in [6, 6.07) is 2.28. The summed E-state index contributed by atoms with van der Waals surface area (Å²) in [5, 5.41) is 4.98. The van der Waals surface area contributed by atoms with Crippen molar-refractivity contribution >= 4 is 43.5 Å². The van der Waals surface area contributed by atoms with E-state index in [2.05, 4.69) is 15.9 Å². The van der Waals surface area contributed by atoms with Crippen LogP contribution >= 0.6 is 27.5 Å². The molecule has 0 saturated carbocycles. The highest BCUT2D eigenvalue weighted by molar-refractivity contribution is 9.10. The molecule has 8 heteroatoms. The van der Waals surface area contributed by atoms with Crippen LogP contribution < -0.4 is 10.9 Å². The fourth-order valence-electron chi connectivity index (χ4n) is 0.936. The van der Waals surface area contributed by atoms with E-state index in [9.17, 15) is 13.2 Å². The zero-order chi connectivity index (χ0) is 11.8. The molecular weight excluding hydrogens is 308 g/mol. The maximum absolute atomic E-state index is 11.1. The molecule has 0 aliphatic carbocycles. The third-order valence-corrected chi connectivity index (χ3v) is 3.78. The third-order valence-electron chi connectivity index (χ3n) is 1.59. The van der Waals surface area contributed by atoms with Crippen LogP contribution in [0.25, 0.3) is 0 Å². The van der Waals surface area contributed by atoms with Gasteiger partial charge in [-0.05, 0) is 28.1 Å². The van der Waals surface area contributed by atoms with Crippen LogP contribution in [-0.4, -0.2) is 14.3 Å². The Balaban J connectivity index is 3.58. The number of amides is 1. The summed E-state index contributed by atoms with van der Waals surface area (Å²) in [6.07, 6.45) is 0. The smallest absolute Gasteiger partial charge is 0.250 e. The van der Waals surface area contributed by atoms with E-state index in [4.69, 9.17) is 22.5 Å². The lowest BCUT2D eigenvalue weighted by atomic mass is 10.2. The van der Waals surface area contributed by atoms with Gasteiger partial charge in [0.2, 0.25) is 15.9 Å². The normalized spacial score (nSPS) is 11.4. The molecule has 0 spiro atoms. The molecule has 0 fully saturated rings. The quantitative estimate of drug-likeness (QED) is 0.845. The van der Waals surface area contributed by atoms with Gasteiger partial charge in [-0.25, -0.2) is 13.6 Å². The average molecular weight is 314 g/mol. The van der Waals surface area contributed by atoms with Crippen molar-refractivity contribution in [1.82, 2.24) is 0 Å². The topological polar surface area (TPSA) is 103 Å². The fourth-order valence-corrected chi connectivity index (χ4v) is 2.96. The van der Waals surface area contributed by atoms with Crippen LogP contribution in [0, 0.1) is 0 Å². The molecule has 15 heavy (non-hydrogen) atoms. The van der Waals surface area contributed by atoms with E-state index in [1.165, 1.54) is 6.07 Å². The molecule has 5 nitrogen and oxygen atoms in total. The van der Waals surface area contributed by atoms with E-state index >= 15 is 0 Å². The Morgan fingerprint density at radius 2 is 1.93 bits per heavy atom. The van der Waals surface area contributed by atoms with E-state index in [0.29, 0.717) is 0 Å². The Morgan fingerprint density at radius 1 is 1.40 bits per heavy atom. The maximum atomic E-state index is 11.1. The molecule has 0 saturated heterocycles. The molecule has 1 aromatic carbocycles. The number of nitrogens with two attached hydrogens (primary N) is 2. The average Bonchev–Trinajstić information content (AvgIpc) is 2.00. The van der Waals surface area contributed by atoms with Crippen molar-refractivity contribution in [2.45, 2.75) is 4.90 Å². The number of hydrogen-bond acceptors (Lipinski definition) is 3. The molecule has 0 aliphatic heterocycles. The van der Waals surface area contributed by atoms with Gasteiger partial charge in [0.15, 0.2) is 0 Å². The van der Waals surface area contributed by atoms with Crippen molar-refractivity contribution in [3.8, 4) is 0 Å². The maximum Gasteiger partial charge on any atom is 0.250 e. The van der Waals surface area contributed by atoms with Crippen molar-refractivity contribution in [1.29, 1.82) is 0 Å². The van der Waals surface area contributed by atoms with Gasteiger partial charge < -0.3 is 5.73 Å². The Labute approximate surface area is 99.6 Å². The largest absolute Gasteiger partial charge is 0.366 e. The molecule has 1 rings (SSSR count). The molecule has 0 aliphatic rings. The molecule has 0 unspecified atom stereocenters. The minimum atomic E-state index is -3.92. The van der Waals surface area contributed by atoms with Gasteiger partial charge in [-0.3, -0.25) is 4.79 Å². The van der Waals surface area contributed by atoms with Gasteiger partial charge in [0.25, 0.3) is 0 Å². The van der Waals surface area contributed by atoms with Crippen LogP contribution in [0.1, 0.15) is 10.4 Å². The predicted molar refractivity (Wildman–Crippen MR) is 59.0 cm³/mol. The lowest BCUT2D eigenvalue weighted by Crippen LogP contribution is -2.16. The predicted octanol–water partition coefficient (Wildman–Crippen LogP) is 0.849. The number of carbonyl (C=O) groups excluding carboxylic acids is 1. The van der Waals surface area contributed by atoms with Crippen LogP contribution in [-0.2, 0) is 10.0 Å². The zero-order valence-electron chi connectivity index (χ0n) is 7.20. The molecule has 0 radical (unpaired) electrons. The molecule has 1 aromatic rings. The second kappa shape index (κ2) is 4.09. The number of carbonyl (C=O) groups is 1. The van der Waals surface area contributed by atoms with E-state index in [1.54, 1.807) is 0 Å². The van der Waals surface area contributed by atoms with Crippen LogP contribution in [0.3, 0.4) is 0 Å². The molecule has 4 N–H and O–H groups in total. The number of primary sulfonamides is 1. The number of sulfonamides is 1. The van der Waals surface area contributed by atoms with Gasteiger partial charge in [-0.2, -0.15) is 0 Å². The third kappa shape index (κ3) is 2.69. The Hall–Kier alpha value is -0.630. The first kappa shape index (κ1) is 12.4. The lowest BCUT2D eigenvalue weighted by Gasteiger charge is -2.05. The van der Waals surface area contributed by atoms with Crippen LogP contribution in [0.4, 0.5) is 0 Å². The second-order valence-corrected chi connectivity index (χ2v) is 5.46. The number of halogens is 2. The summed E-state index contributed by atoms with van der Waals surface area (Å²) >= 11 is 8.65. The van der Waals surface area contributed by atoms with Crippen LogP contribution in [0.2, 0.25) is 5.02 Å². The summed E-state index contributed by atoms with van der Waals surface area (Å²) in [5.41, 5.74) is 4.91. The molecule has 0 heterocycles. The lowest BCUT2D eigenvalue weighted by molar-refractivity contribution is 0.1000. The first-order valence-electron chi connectivity index (χ1n) is 3.55. The standard InChI is InChI=1S/C7H6BrClN2O3S/c8-4-2-5(9)3(7(10)12)1-6(4)15(11,13)14/h1-2H,(H2,10,12)(H2,11,13,14). The van der Waals surface area contributed by atoms with Gasteiger partial charge in [0, 0.05) is 4.47 Å². The monoisotopic (exact) mass is 312 g/mol. The van der Waals surface area contributed by atoms with Crippen molar-refractivity contribution in [3.05, 3.63) is 27.2 Å². The molecule has 82 valence electrons. The first-order valence-corrected chi connectivity index (χ1v) is 6.27. The van der Waals surface area contributed by atoms with Gasteiger partial charge >= 0.3 is 0 Å². The minimum Gasteiger partial charge on any atom is -0.366 e. The molecular formula is C7H6BrClN2O3S. The van der Waals surface area contributed by atoms with E-state index in [0.717, 1.165) is 6.07 Å². The highest BCUT2D eigenvalue weighted by atomic mass is 79.9. The summed E-state index contributed by atoms with van der Waals surface area (Å²) in [6.45, 7) is 0. The van der Waals surface area contributed by atoms with Crippen LogP contribution in [0.5, 0.6) is 0 Å². The Bertz CT molecular complexity index is 529. The molecule has 0 bridgehead atoms. The van der Waals surface area contributed by atoms with Gasteiger partial charge in [0.1, 0.15) is 0 Å². The first-order chi connectivity index (χ1) is 6.73. The molecule has 0 atom stereocenters. The number of rotatable bonds is 2. The summed E-state index contributed by atoms with van der Waals surface area (Å²) < 4.78 is 22.4. The second-order valence-electron chi connectivity index (χ2n) is 2.67. The minimum absolute atomic E-state index is 0.0572. The number of benzene rings is 1. The number of primary amides is 1. The Morgan fingerprint density at radius 3 is 2.33 bits per heavy atom. The van der Waals surface area contributed by atoms with Gasteiger partial charge in [-0.15, -0.1) is 0 Å². The zero-order valence-corrected chi connectivity index (χ0v) is 10.4. The SMILES string of the molecule is NC(=O)c1cc(S(N)(=O)=O)c(Br)cc1Cl. The number of hydrogen-bond donors (Lipinski definition) is 2. The Kier molecular flexibility index (Phi) is 3.39. The highest BCUT2D eigenvalue weighted by Crippen LogP contribution is 2.27. The van der Waals surface area contributed by atoms with Crippen LogP contribution in [0.15, 0.2) is 21.5 Å². The highest BCUT2D eigenvalue weighted by Gasteiger charge is 2.17. The van der Waals surface area contributed by atoms with Crippen molar-refractivity contribution in [3.63, 3.8) is 0 Å². The summed E-state index contributed by atoms with van der Waals surface area (Å²) in [5.74, 6) is -0.822. The van der Waals surface area contributed by atoms with E-state index < -0.39 is 15.9 Å². The van der Waals surface area contributed by atoms with Gasteiger partial charge in [-0.1, -0.05) is 11.6 Å². The molecule has 0 aromatic heterocycles. The van der Waals surface area contributed by atoms with Crippen molar-refractivity contribution in [2.24, 2.45) is 10.9 Å². The van der Waals surface area contributed by atoms with Crippen molar-refractivity contribution < 1.29 is 13.2 Å². The van der Waals surface area contributed by atoms with Gasteiger partial charge in [0.05, 0.1) is 15.5 Å². The summed E-state index contributed by atoms with van der Waals surface area (Å²) in [4.78, 5) is 10.7. The van der Waals surface area contributed by atoms with E-state index in [-0.39, 0.29) is 20.0 Å². The summed E-state index contributed by atoms with van der Waals surface area (Å²) in [7, 11) is -3.92. The fraction of sp³-hybridized carbons (Fsp3) is 0. The van der Waals surface area contributed by atoms with E-state index in [1.807, 2.05) is 0 Å².